The van der Waals surface area contributed by atoms with Gasteiger partial charge in [-0.25, -0.2) is 4.98 Å². The molecule has 23 heavy (non-hydrogen) atoms. The molecule has 5 nitrogen and oxygen atoms in total. The van der Waals surface area contributed by atoms with Crippen LogP contribution in [0.4, 0.5) is 0 Å². The number of oxazole rings is 1. The van der Waals surface area contributed by atoms with Gasteiger partial charge in [-0.1, -0.05) is 23.9 Å². The molecule has 0 spiro atoms. The molecule has 0 unspecified atom stereocenters. The van der Waals surface area contributed by atoms with E-state index in [2.05, 4.69) is 4.98 Å². The van der Waals surface area contributed by atoms with E-state index in [1.165, 1.54) is 18.9 Å². The number of hydrogen-bond acceptors (Lipinski definition) is 6. The molecule has 0 saturated heterocycles. The van der Waals surface area contributed by atoms with E-state index in [4.69, 9.17) is 13.9 Å². The summed E-state index contributed by atoms with van der Waals surface area (Å²) in [5, 5.41) is 0.479. The molecule has 0 saturated carbocycles. The molecule has 1 heterocycles. The minimum atomic E-state index is -0.0586. The molecule has 0 atom stereocenters. The summed E-state index contributed by atoms with van der Waals surface area (Å²) in [5.74, 6) is 1.30. The molecule has 0 N–H and O–H groups in total. The summed E-state index contributed by atoms with van der Waals surface area (Å²) in [5.41, 5.74) is 2.01. The maximum Gasteiger partial charge on any atom is 0.257 e. The summed E-state index contributed by atoms with van der Waals surface area (Å²) in [4.78, 5) is 16.7. The van der Waals surface area contributed by atoms with Crippen molar-refractivity contribution in [1.29, 1.82) is 0 Å². The second kappa shape index (κ2) is 6.75. The summed E-state index contributed by atoms with van der Waals surface area (Å²) in [6.07, 6.45) is 0. The first-order valence-corrected chi connectivity index (χ1v) is 7.93. The van der Waals surface area contributed by atoms with Gasteiger partial charge in [0, 0.05) is 6.07 Å². The lowest BCUT2D eigenvalue weighted by atomic mass is 10.1. The number of rotatable bonds is 6. The number of carbonyl (C=O) groups excluding carboxylic acids is 1. The van der Waals surface area contributed by atoms with Gasteiger partial charge in [0.15, 0.2) is 11.4 Å². The molecule has 0 amide bonds. The minimum Gasteiger partial charge on any atom is -0.497 e. The predicted molar refractivity (Wildman–Crippen MR) is 88.6 cm³/mol. The number of carbonyl (C=O) groups is 1. The van der Waals surface area contributed by atoms with Crippen LogP contribution in [0, 0.1) is 0 Å². The van der Waals surface area contributed by atoms with Crippen LogP contribution in [0.1, 0.15) is 10.4 Å². The van der Waals surface area contributed by atoms with Crippen molar-refractivity contribution in [2.75, 3.05) is 20.0 Å². The summed E-state index contributed by atoms with van der Waals surface area (Å²) < 4.78 is 16.0. The van der Waals surface area contributed by atoms with Gasteiger partial charge in [-0.15, -0.1) is 0 Å². The van der Waals surface area contributed by atoms with Crippen LogP contribution in [0.3, 0.4) is 0 Å². The lowest BCUT2D eigenvalue weighted by Crippen LogP contribution is -2.05. The number of para-hydroxylation sites is 2. The average Bonchev–Trinajstić information content (AvgIpc) is 3.02. The number of aromatic nitrogens is 1. The van der Waals surface area contributed by atoms with Crippen molar-refractivity contribution in [3.05, 3.63) is 48.0 Å². The Bertz CT molecular complexity index is 810. The molecule has 0 aliphatic heterocycles. The van der Waals surface area contributed by atoms with Crippen molar-refractivity contribution in [3.63, 3.8) is 0 Å². The molecule has 0 aliphatic rings. The zero-order valence-electron chi connectivity index (χ0n) is 12.7. The van der Waals surface area contributed by atoms with E-state index in [0.717, 1.165) is 5.52 Å². The van der Waals surface area contributed by atoms with Crippen LogP contribution in [0.5, 0.6) is 11.5 Å². The number of ether oxygens (including phenoxy) is 2. The number of fused-ring (bicyclic) bond motifs is 1. The highest BCUT2D eigenvalue weighted by molar-refractivity contribution is 7.99. The van der Waals surface area contributed by atoms with Crippen LogP contribution in [0.15, 0.2) is 52.1 Å². The first-order valence-electron chi connectivity index (χ1n) is 6.95. The average molecular weight is 329 g/mol. The molecule has 0 bridgehead atoms. The van der Waals surface area contributed by atoms with Gasteiger partial charge in [-0.05, 0) is 24.3 Å². The Balaban J connectivity index is 1.74. The standard InChI is InChI=1S/C17H15NO4S/c1-20-11-7-8-12(16(9-11)21-2)14(19)10-23-17-18-13-5-3-4-6-15(13)22-17/h3-9H,10H2,1-2H3. The first kappa shape index (κ1) is 15.4. The van der Waals surface area contributed by atoms with E-state index in [1.54, 1.807) is 25.3 Å². The molecule has 0 radical (unpaired) electrons. The summed E-state index contributed by atoms with van der Waals surface area (Å²) in [7, 11) is 3.10. The van der Waals surface area contributed by atoms with E-state index >= 15 is 0 Å². The van der Waals surface area contributed by atoms with Gasteiger partial charge in [0.05, 0.1) is 25.5 Å². The Hall–Kier alpha value is -2.47. The van der Waals surface area contributed by atoms with Gasteiger partial charge < -0.3 is 13.9 Å². The molecule has 0 aliphatic carbocycles. The van der Waals surface area contributed by atoms with E-state index in [1.807, 2.05) is 24.3 Å². The number of ketones is 1. The van der Waals surface area contributed by atoms with Crippen LogP contribution in [0.25, 0.3) is 11.1 Å². The Morgan fingerprint density at radius 2 is 2.00 bits per heavy atom. The largest absolute Gasteiger partial charge is 0.497 e. The Kier molecular flexibility index (Phi) is 4.52. The zero-order valence-corrected chi connectivity index (χ0v) is 13.6. The van der Waals surface area contributed by atoms with Gasteiger partial charge in [0.2, 0.25) is 0 Å². The molecule has 3 rings (SSSR count). The van der Waals surface area contributed by atoms with Crippen LogP contribution < -0.4 is 9.47 Å². The summed E-state index contributed by atoms with van der Waals surface area (Å²) in [6, 6.07) is 12.6. The molecule has 3 aromatic rings. The second-order valence-corrected chi connectivity index (χ2v) is 5.65. The smallest absolute Gasteiger partial charge is 0.257 e. The fraction of sp³-hybridized carbons (Fsp3) is 0.176. The molecule has 0 fully saturated rings. The molecular formula is C17H15NO4S. The van der Waals surface area contributed by atoms with E-state index in [9.17, 15) is 4.79 Å². The molecule has 2 aromatic carbocycles. The van der Waals surface area contributed by atoms with Crippen LogP contribution in [0.2, 0.25) is 0 Å². The van der Waals surface area contributed by atoms with Crippen molar-refractivity contribution in [2.24, 2.45) is 0 Å². The van der Waals surface area contributed by atoms with Gasteiger partial charge >= 0.3 is 0 Å². The lowest BCUT2D eigenvalue weighted by Gasteiger charge is -2.08. The highest BCUT2D eigenvalue weighted by atomic mass is 32.2. The van der Waals surface area contributed by atoms with E-state index in [-0.39, 0.29) is 11.5 Å². The predicted octanol–water partition coefficient (Wildman–Crippen LogP) is 3.82. The number of methoxy groups -OCH3 is 2. The highest BCUT2D eigenvalue weighted by Crippen LogP contribution is 2.28. The Labute approximate surface area is 137 Å². The third-order valence-corrected chi connectivity index (χ3v) is 4.14. The van der Waals surface area contributed by atoms with Crippen LogP contribution >= 0.6 is 11.8 Å². The van der Waals surface area contributed by atoms with Crippen LogP contribution in [-0.2, 0) is 0 Å². The number of hydrogen-bond donors (Lipinski definition) is 0. The first-order chi connectivity index (χ1) is 11.2. The maximum absolute atomic E-state index is 12.4. The zero-order chi connectivity index (χ0) is 16.2. The normalized spacial score (nSPS) is 10.7. The quantitative estimate of drug-likeness (QED) is 0.506. The SMILES string of the molecule is COc1ccc(C(=O)CSc2nc3ccccc3o2)c(OC)c1. The third kappa shape index (κ3) is 3.32. The molecule has 118 valence electrons. The fourth-order valence-corrected chi connectivity index (χ4v) is 2.87. The number of thioether (sulfide) groups is 1. The molecular weight excluding hydrogens is 314 g/mol. The number of Topliss-reactive ketones (excluding diaryl/α,β-unsaturated/α-hetero) is 1. The topological polar surface area (TPSA) is 61.6 Å². The van der Waals surface area contributed by atoms with Gasteiger partial charge in [0.1, 0.15) is 17.0 Å². The monoisotopic (exact) mass is 329 g/mol. The van der Waals surface area contributed by atoms with E-state index in [0.29, 0.717) is 27.9 Å². The molecule has 1 aromatic heterocycles. The molecule has 6 heteroatoms. The van der Waals surface area contributed by atoms with Gasteiger partial charge in [-0.3, -0.25) is 4.79 Å². The van der Waals surface area contributed by atoms with Crippen molar-refractivity contribution < 1.29 is 18.7 Å². The van der Waals surface area contributed by atoms with Crippen molar-refractivity contribution in [3.8, 4) is 11.5 Å². The van der Waals surface area contributed by atoms with Gasteiger partial charge in [0.25, 0.3) is 5.22 Å². The van der Waals surface area contributed by atoms with Crippen molar-refractivity contribution >= 4 is 28.6 Å². The van der Waals surface area contributed by atoms with Gasteiger partial charge in [-0.2, -0.15) is 0 Å². The number of nitrogens with zero attached hydrogens (tertiary/aromatic N) is 1. The highest BCUT2D eigenvalue weighted by Gasteiger charge is 2.15. The Morgan fingerprint density at radius 1 is 1.17 bits per heavy atom. The second-order valence-electron chi connectivity index (χ2n) is 4.73. The summed E-state index contributed by atoms with van der Waals surface area (Å²) in [6.45, 7) is 0. The van der Waals surface area contributed by atoms with E-state index < -0.39 is 0 Å². The van der Waals surface area contributed by atoms with Crippen molar-refractivity contribution in [2.45, 2.75) is 5.22 Å². The van der Waals surface area contributed by atoms with Crippen LogP contribution in [-0.4, -0.2) is 30.7 Å². The number of benzene rings is 2. The summed E-state index contributed by atoms with van der Waals surface area (Å²) >= 11 is 1.26. The van der Waals surface area contributed by atoms with Crippen molar-refractivity contribution in [1.82, 2.24) is 4.98 Å². The Morgan fingerprint density at radius 3 is 2.74 bits per heavy atom. The minimum absolute atomic E-state index is 0.0586. The fourth-order valence-electron chi connectivity index (χ4n) is 2.15. The lowest BCUT2D eigenvalue weighted by molar-refractivity contribution is 0.101. The third-order valence-electron chi connectivity index (χ3n) is 3.31. The maximum atomic E-state index is 12.4.